The molecule has 0 aliphatic heterocycles. The van der Waals surface area contributed by atoms with Gasteiger partial charge >= 0.3 is 0 Å². The van der Waals surface area contributed by atoms with Crippen LogP contribution in [0.5, 0.6) is 0 Å². The fraction of sp³-hybridized carbons (Fsp3) is 0.571. The molecule has 0 aliphatic rings. The van der Waals surface area contributed by atoms with Gasteiger partial charge in [-0.15, -0.1) is 0 Å². The molecular formula is C14H23N. The Balaban J connectivity index is 2.37. The molecule has 0 aromatic heterocycles. The lowest BCUT2D eigenvalue weighted by Crippen LogP contribution is -2.22. The first-order valence-electron chi connectivity index (χ1n) is 5.86. The van der Waals surface area contributed by atoms with Gasteiger partial charge in [-0.05, 0) is 50.4 Å². The molecule has 1 heteroatoms. The van der Waals surface area contributed by atoms with E-state index in [-0.39, 0.29) is 0 Å². The van der Waals surface area contributed by atoms with Gasteiger partial charge in [-0.1, -0.05) is 37.6 Å². The van der Waals surface area contributed by atoms with Crippen molar-refractivity contribution in [2.45, 2.75) is 34.1 Å². The molecule has 0 saturated carbocycles. The highest BCUT2D eigenvalue weighted by atomic mass is 14.8. The lowest BCUT2D eigenvalue weighted by Gasteiger charge is -2.09. The normalized spacial score (nSPS) is 11.0. The molecule has 0 atom stereocenters. The van der Waals surface area contributed by atoms with Crippen molar-refractivity contribution >= 4 is 0 Å². The van der Waals surface area contributed by atoms with Crippen molar-refractivity contribution in [2.75, 3.05) is 13.1 Å². The second-order valence-electron chi connectivity index (χ2n) is 4.78. The van der Waals surface area contributed by atoms with Crippen LogP contribution in [0.25, 0.3) is 0 Å². The van der Waals surface area contributed by atoms with Crippen molar-refractivity contribution in [1.29, 1.82) is 0 Å². The summed E-state index contributed by atoms with van der Waals surface area (Å²) in [4.78, 5) is 0. The summed E-state index contributed by atoms with van der Waals surface area (Å²) in [6.45, 7) is 11.0. The molecule has 0 heterocycles. The molecule has 1 nitrogen and oxygen atoms in total. The number of benzene rings is 1. The zero-order valence-electron chi connectivity index (χ0n) is 10.4. The Kier molecular flexibility index (Phi) is 4.83. The monoisotopic (exact) mass is 205 g/mol. The quantitative estimate of drug-likeness (QED) is 0.728. The molecule has 0 radical (unpaired) electrons. The van der Waals surface area contributed by atoms with E-state index in [1.54, 1.807) is 0 Å². The maximum Gasteiger partial charge on any atom is -0.000814 e. The van der Waals surface area contributed by atoms with Crippen LogP contribution in [-0.2, 0) is 6.42 Å². The van der Waals surface area contributed by atoms with Gasteiger partial charge in [0.15, 0.2) is 0 Å². The molecule has 0 saturated heterocycles. The van der Waals surface area contributed by atoms with Gasteiger partial charge < -0.3 is 5.32 Å². The van der Waals surface area contributed by atoms with Crippen molar-refractivity contribution in [2.24, 2.45) is 5.92 Å². The summed E-state index contributed by atoms with van der Waals surface area (Å²) in [6, 6.07) is 6.71. The van der Waals surface area contributed by atoms with Gasteiger partial charge in [-0.3, -0.25) is 0 Å². The highest BCUT2D eigenvalue weighted by Gasteiger charge is 1.98. The van der Waals surface area contributed by atoms with Gasteiger partial charge in [0.25, 0.3) is 0 Å². The average Bonchev–Trinajstić information content (AvgIpc) is 2.14. The topological polar surface area (TPSA) is 12.0 Å². The van der Waals surface area contributed by atoms with E-state index in [2.05, 4.69) is 51.2 Å². The fourth-order valence-corrected chi connectivity index (χ4v) is 1.74. The second kappa shape index (κ2) is 5.92. The first kappa shape index (κ1) is 12.3. The SMILES string of the molecule is Cc1ccc(CCNCC(C)C)c(C)c1. The number of hydrogen-bond donors (Lipinski definition) is 1. The van der Waals surface area contributed by atoms with E-state index in [0.29, 0.717) is 0 Å². The summed E-state index contributed by atoms with van der Waals surface area (Å²) >= 11 is 0. The van der Waals surface area contributed by atoms with E-state index in [9.17, 15) is 0 Å². The van der Waals surface area contributed by atoms with Gasteiger partial charge in [-0.2, -0.15) is 0 Å². The molecule has 1 rings (SSSR count). The standard InChI is InChI=1S/C14H23N/c1-11(2)10-15-8-7-14-6-5-12(3)9-13(14)4/h5-6,9,11,15H,7-8,10H2,1-4H3. The Bertz CT molecular complexity index is 302. The Hall–Kier alpha value is -0.820. The molecule has 15 heavy (non-hydrogen) atoms. The molecule has 0 amide bonds. The van der Waals surface area contributed by atoms with E-state index >= 15 is 0 Å². The summed E-state index contributed by atoms with van der Waals surface area (Å²) in [5.74, 6) is 0.740. The number of aryl methyl sites for hydroxylation is 2. The number of nitrogens with one attached hydrogen (secondary N) is 1. The van der Waals surface area contributed by atoms with Crippen LogP contribution in [0.4, 0.5) is 0 Å². The summed E-state index contributed by atoms with van der Waals surface area (Å²) in [5, 5.41) is 3.48. The van der Waals surface area contributed by atoms with Gasteiger partial charge in [0.1, 0.15) is 0 Å². The van der Waals surface area contributed by atoms with Crippen LogP contribution in [0.15, 0.2) is 18.2 Å². The van der Waals surface area contributed by atoms with E-state index in [4.69, 9.17) is 0 Å². The van der Waals surface area contributed by atoms with E-state index in [0.717, 1.165) is 25.4 Å². The average molecular weight is 205 g/mol. The maximum atomic E-state index is 3.48. The van der Waals surface area contributed by atoms with Gasteiger partial charge in [0, 0.05) is 0 Å². The molecule has 0 fully saturated rings. The van der Waals surface area contributed by atoms with Crippen molar-refractivity contribution in [3.05, 3.63) is 34.9 Å². The minimum absolute atomic E-state index is 0.740. The Labute approximate surface area is 93.9 Å². The van der Waals surface area contributed by atoms with Crippen molar-refractivity contribution in [3.63, 3.8) is 0 Å². The Morgan fingerprint density at radius 1 is 1.20 bits per heavy atom. The summed E-state index contributed by atoms with van der Waals surface area (Å²) in [7, 11) is 0. The van der Waals surface area contributed by atoms with Crippen LogP contribution >= 0.6 is 0 Å². The molecule has 1 aromatic rings. The number of hydrogen-bond acceptors (Lipinski definition) is 1. The van der Waals surface area contributed by atoms with Crippen molar-refractivity contribution in [3.8, 4) is 0 Å². The third kappa shape index (κ3) is 4.48. The predicted molar refractivity (Wildman–Crippen MR) is 67.3 cm³/mol. The molecule has 1 N–H and O–H groups in total. The Morgan fingerprint density at radius 2 is 1.93 bits per heavy atom. The van der Waals surface area contributed by atoms with E-state index in [1.165, 1.54) is 16.7 Å². The molecule has 0 unspecified atom stereocenters. The van der Waals surface area contributed by atoms with Crippen LogP contribution in [-0.4, -0.2) is 13.1 Å². The molecule has 0 spiro atoms. The Morgan fingerprint density at radius 3 is 2.53 bits per heavy atom. The lowest BCUT2D eigenvalue weighted by atomic mass is 10.0. The smallest absolute Gasteiger partial charge is 0.000814 e. The first-order valence-corrected chi connectivity index (χ1v) is 5.86. The van der Waals surface area contributed by atoms with Crippen LogP contribution in [0.2, 0.25) is 0 Å². The van der Waals surface area contributed by atoms with Crippen LogP contribution < -0.4 is 5.32 Å². The zero-order chi connectivity index (χ0) is 11.3. The molecule has 84 valence electrons. The third-order valence-electron chi connectivity index (χ3n) is 2.62. The third-order valence-corrected chi connectivity index (χ3v) is 2.62. The van der Waals surface area contributed by atoms with Crippen LogP contribution in [0.1, 0.15) is 30.5 Å². The van der Waals surface area contributed by atoms with Gasteiger partial charge in [0.2, 0.25) is 0 Å². The molecule has 0 aliphatic carbocycles. The lowest BCUT2D eigenvalue weighted by molar-refractivity contribution is 0.554. The molecule has 1 aromatic carbocycles. The maximum absolute atomic E-state index is 3.48. The van der Waals surface area contributed by atoms with E-state index < -0.39 is 0 Å². The second-order valence-corrected chi connectivity index (χ2v) is 4.78. The van der Waals surface area contributed by atoms with Crippen LogP contribution in [0.3, 0.4) is 0 Å². The summed E-state index contributed by atoms with van der Waals surface area (Å²) < 4.78 is 0. The minimum Gasteiger partial charge on any atom is -0.316 e. The van der Waals surface area contributed by atoms with Crippen molar-refractivity contribution < 1.29 is 0 Å². The summed E-state index contributed by atoms with van der Waals surface area (Å²) in [6.07, 6.45) is 1.14. The first-order chi connectivity index (χ1) is 7.09. The van der Waals surface area contributed by atoms with Crippen molar-refractivity contribution in [1.82, 2.24) is 5.32 Å². The molecular weight excluding hydrogens is 182 g/mol. The summed E-state index contributed by atoms with van der Waals surface area (Å²) in [5.41, 5.74) is 4.24. The zero-order valence-corrected chi connectivity index (χ0v) is 10.4. The predicted octanol–water partition coefficient (Wildman–Crippen LogP) is 3.09. The highest BCUT2D eigenvalue weighted by Crippen LogP contribution is 2.10. The molecule has 0 bridgehead atoms. The largest absolute Gasteiger partial charge is 0.316 e. The van der Waals surface area contributed by atoms with Gasteiger partial charge in [0.05, 0.1) is 0 Å². The minimum atomic E-state index is 0.740. The van der Waals surface area contributed by atoms with Crippen LogP contribution in [0, 0.1) is 19.8 Å². The number of rotatable bonds is 5. The van der Waals surface area contributed by atoms with Gasteiger partial charge in [-0.25, -0.2) is 0 Å². The fourth-order valence-electron chi connectivity index (χ4n) is 1.74. The highest BCUT2D eigenvalue weighted by molar-refractivity contribution is 5.30. The van der Waals surface area contributed by atoms with E-state index in [1.807, 2.05) is 0 Å².